The normalized spacial score (nSPS) is 22.8. The van der Waals surface area contributed by atoms with E-state index in [1.54, 1.807) is 18.2 Å². The summed E-state index contributed by atoms with van der Waals surface area (Å²) in [7, 11) is 0. The van der Waals surface area contributed by atoms with Crippen LogP contribution in [0.3, 0.4) is 0 Å². The van der Waals surface area contributed by atoms with Gasteiger partial charge in [0.05, 0.1) is 6.04 Å². The number of amides is 4. The number of Topliss-reactive ketones (excluding diaryl/α,β-unsaturated/α-hetero) is 1. The average Bonchev–Trinajstić information content (AvgIpc) is 3.84. The maximum atomic E-state index is 14.1. The van der Waals surface area contributed by atoms with Gasteiger partial charge in [0.2, 0.25) is 17.6 Å². The number of fused-ring (bicyclic) bond motifs is 2. The Kier molecular flexibility index (Phi) is 9.00. The van der Waals surface area contributed by atoms with Crippen molar-refractivity contribution >= 4 is 40.3 Å². The van der Waals surface area contributed by atoms with E-state index >= 15 is 0 Å². The van der Waals surface area contributed by atoms with Gasteiger partial charge in [-0.25, -0.2) is 0 Å². The number of carbonyl (C=O) groups is 5. The standard InChI is InChI=1S/C33H35F2N5O6/c34-33(35)46-26-11-5-10-23-22(26)15-25(38-23)32(45)40-17-20-8-4-9-21(20)27(40)30(43)39-24(14-19-12-13-36-29(19)42)28(41)31(44)37-16-18-6-2-1-3-7-18/h1-3,5-7,10-11,15,19-21,24,27,33,38H,4,8-9,12-14,16-17H2,(H,36,42)(H,37,44)(H,39,43)/t19-,20-,21-,24-,27-/m0/s1. The Labute approximate surface area is 263 Å². The highest BCUT2D eigenvalue weighted by molar-refractivity contribution is 6.38. The van der Waals surface area contributed by atoms with Gasteiger partial charge in [0.15, 0.2) is 0 Å². The molecule has 0 unspecified atom stereocenters. The Morgan fingerprint density at radius 2 is 1.83 bits per heavy atom. The second-order valence-electron chi connectivity index (χ2n) is 12.1. The zero-order valence-corrected chi connectivity index (χ0v) is 25.0. The van der Waals surface area contributed by atoms with E-state index in [2.05, 4.69) is 25.7 Å². The Bertz CT molecular complexity index is 1650. The van der Waals surface area contributed by atoms with Crippen molar-refractivity contribution in [3.8, 4) is 5.75 Å². The lowest BCUT2D eigenvalue weighted by Crippen LogP contribution is -2.55. The Morgan fingerprint density at radius 1 is 1.02 bits per heavy atom. The maximum Gasteiger partial charge on any atom is 0.387 e. The zero-order valence-electron chi connectivity index (χ0n) is 25.0. The van der Waals surface area contributed by atoms with Crippen LogP contribution in [-0.2, 0) is 25.7 Å². The lowest BCUT2D eigenvalue weighted by atomic mass is 9.91. The summed E-state index contributed by atoms with van der Waals surface area (Å²) in [5.41, 5.74) is 1.31. The van der Waals surface area contributed by atoms with E-state index in [1.165, 1.54) is 23.1 Å². The number of nitrogens with zero attached hydrogens (tertiary/aromatic N) is 1. The van der Waals surface area contributed by atoms with E-state index in [0.29, 0.717) is 36.8 Å². The molecule has 242 valence electrons. The highest BCUT2D eigenvalue weighted by Crippen LogP contribution is 2.43. The molecule has 0 radical (unpaired) electrons. The monoisotopic (exact) mass is 635 g/mol. The molecule has 2 saturated heterocycles. The summed E-state index contributed by atoms with van der Waals surface area (Å²) in [4.78, 5) is 71.3. The van der Waals surface area contributed by atoms with Gasteiger partial charge in [-0.2, -0.15) is 8.78 Å². The predicted octanol–water partition coefficient (Wildman–Crippen LogP) is 2.91. The van der Waals surface area contributed by atoms with Crippen LogP contribution in [0, 0.1) is 17.8 Å². The number of halogens is 2. The summed E-state index contributed by atoms with van der Waals surface area (Å²) in [6, 6.07) is 12.8. The number of likely N-dealkylation sites (tertiary alicyclic amines) is 1. The van der Waals surface area contributed by atoms with Crippen molar-refractivity contribution in [1.82, 2.24) is 25.8 Å². The molecule has 4 N–H and O–H groups in total. The number of hydrogen-bond acceptors (Lipinski definition) is 6. The molecule has 1 aliphatic carbocycles. The smallest absolute Gasteiger partial charge is 0.387 e. The highest BCUT2D eigenvalue weighted by atomic mass is 19.3. The van der Waals surface area contributed by atoms with E-state index in [0.717, 1.165) is 18.4 Å². The molecule has 13 heteroatoms. The van der Waals surface area contributed by atoms with Crippen LogP contribution in [0.5, 0.6) is 5.75 Å². The molecule has 3 aliphatic rings. The van der Waals surface area contributed by atoms with E-state index in [4.69, 9.17) is 0 Å². The highest BCUT2D eigenvalue weighted by Gasteiger charge is 2.50. The number of H-pyrrole nitrogens is 1. The Hall–Kier alpha value is -4.81. The summed E-state index contributed by atoms with van der Waals surface area (Å²) in [6.07, 6.45) is 2.81. The number of rotatable bonds is 11. The van der Waals surface area contributed by atoms with Crippen LogP contribution in [0.4, 0.5) is 8.78 Å². The number of hydrogen-bond donors (Lipinski definition) is 4. The fraction of sp³-hybridized carbons (Fsp3) is 0.424. The Morgan fingerprint density at radius 3 is 2.57 bits per heavy atom. The predicted molar refractivity (Wildman–Crippen MR) is 162 cm³/mol. The number of nitrogens with one attached hydrogen (secondary N) is 4. The van der Waals surface area contributed by atoms with Crippen molar-refractivity contribution in [2.75, 3.05) is 13.1 Å². The third-order valence-corrected chi connectivity index (χ3v) is 9.33. The summed E-state index contributed by atoms with van der Waals surface area (Å²) < 4.78 is 30.6. The van der Waals surface area contributed by atoms with Crippen molar-refractivity contribution in [2.24, 2.45) is 17.8 Å². The quantitative estimate of drug-likeness (QED) is 0.238. The summed E-state index contributed by atoms with van der Waals surface area (Å²) >= 11 is 0. The van der Waals surface area contributed by atoms with E-state index < -0.39 is 48.1 Å². The van der Waals surface area contributed by atoms with E-state index in [-0.39, 0.29) is 42.2 Å². The van der Waals surface area contributed by atoms with Gasteiger partial charge >= 0.3 is 6.61 Å². The van der Waals surface area contributed by atoms with Gasteiger partial charge < -0.3 is 30.6 Å². The minimum absolute atomic E-state index is 0.0567. The molecule has 2 aromatic carbocycles. The molecule has 46 heavy (non-hydrogen) atoms. The van der Waals surface area contributed by atoms with Gasteiger partial charge in [0.1, 0.15) is 17.5 Å². The van der Waals surface area contributed by atoms with Gasteiger partial charge in [-0.05, 0) is 61.3 Å². The first kappa shape index (κ1) is 31.2. The first-order valence-corrected chi connectivity index (χ1v) is 15.5. The fourth-order valence-electron chi connectivity index (χ4n) is 7.11. The van der Waals surface area contributed by atoms with Gasteiger partial charge in [-0.1, -0.05) is 42.8 Å². The fourth-order valence-corrected chi connectivity index (χ4v) is 7.11. The lowest BCUT2D eigenvalue weighted by Gasteiger charge is -2.29. The van der Waals surface area contributed by atoms with E-state index in [1.807, 2.05) is 18.2 Å². The average molecular weight is 636 g/mol. The second-order valence-corrected chi connectivity index (χ2v) is 12.1. The minimum atomic E-state index is -3.04. The van der Waals surface area contributed by atoms with Crippen LogP contribution in [-0.4, -0.2) is 71.1 Å². The molecule has 3 fully saturated rings. The van der Waals surface area contributed by atoms with E-state index in [9.17, 15) is 32.8 Å². The number of aromatic nitrogens is 1. The van der Waals surface area contributed by atoms with Crippen LogP contribution in [0.1, 0.15) is 48.2 Å². The molecular formula is C33H35F2N5O6. The summed E-state index contributed by atoms with van der Waals surface area (Å²) in [6.45, 7) is -2.20. The van der Waals surface area contributed by atoms with Gasteiger partial charge in [0, 0.05) is 36.5 Å². The molecule has 1 saturated carbocycles. The first-order chi connectivity index (χ1) is 22.2. The second kappa shape index (κ2) is 13.3. The molecule has 0 spiro atoms. The number of aromatic amines is 1. The molecule has 5 atom stereocenters. The van der Waals surface area contributed by atoms with Gasteiger partial charge in [-0.15, -0.1) is 0 Å². The van der Waals surface area contributed by atoms with Gasteiger partial charge in [0.25, 0.3) is 11.8 Å². The van der Waals surface area contributed by atoms with Crippen LogP contribution in [0.25, 0.3) is 10.9 Å². The van der Waals surface area contributed by atoms with Gasteiger partial charge in [-0.3, -0.25) is 24.0 Å². The number of carbonyl (C=O) groups excluding carboxylic acids is 5. The molecule has 0 bridgehead atoms. The van der Waals surface area contributed by atoms with Crippen molar-refractivity contribution in [3.05, 3.63) is 65.9 Å². The van der Waals surface area contributed by atoms with Crippen molar-refractivity contribution in [2.45, 2.75) is 57.3 Å². The van der Waals surface area contributed by atoms with Crippen LogP contribution >= 0.6 is 0 Å². The molecule has 3 aromatic rings. The van der Waals surface area contributed by atoms with Crippen LogP contribution < -0.4 is 20.7 Å². The third kappa shape index (κ3) is 6.44. The van der Waals surface area contributed by atoms with Crippen LogP contribution in [0.2, 0.25) is 0 Å². The molecule has 1 aromatic heterocycles. The first-order valence-electron chi connectivity index (χ1n) is 15.5. The molecule has 4 amide bonds. The number of alkyl halides is 2. The summed E-state index contributed by atoms with van der Waals surface area (Å²) in [5, 5.41) is 8.38. The zero-order chi connectivity index (χ0) is 32.4. The number of ether oxygens (including phenoxy) is 1. The third-order valence-electron chi connectivity index (χ3n) is 9.33. The van der Waals surface area contributed by atoms with Crippen molar-refractivity contribution < 1.29 is 37.5 Å². The number of benzene rings is 2. The Balaban J connectivity index is 1.23. The lowest BCUT2D eigenvalue weighted by molar-refractivity contribution is -0.141. The molecule has 3 heterocycles. The molecule has 11 nitrogen and oxygen atoms in total. The largest absolute Gasteiger partial charge is 0.434 e. The summed E-state index contributed by atoms with van der Waals surface area (Å²) in [5.74, 6) is -3.82. The van der Waals surface area contributed by atoms with Crippen molar-refractivity contribution in [1.29, 1.82) is 0 Å². The molecule has 6 rings (SSSR count). The molecule has 2 aliphatic heterocycles. The topological polar surface area (TPSA) is 150 Å². The van der Waals surface area contributed by atoms with Crippen LogP contribution in [0.15, 0.2) is 54.6 Å². The van der Waals surface area contributed by atoms with Crippen molar-refractivity contribution in [3.63, 3.8) is 0 Å². The minimum Gasteiger partial charge on any atom is -0.434 e. The molecular weight excluding hydrogens is 600 g/mol. The number of ketones is 1. The SMILES string of the molecule is O=C(NCc1ccccc1)C(=O)[C@H](C[C@@H]1CCNC1=O)NC(=O)[C@@H]1[C@H]2CCC[C@H]2CN1C(=O)c1cc2c(OC(F)F)cccc2[nH]1. The maximum absolute atomic E-state index is 14.1.